The van der Waals surface area contributed by atoms with Crippen molar-refractivity contribution in [3.05, 3.63) is 35.9 Å². The van der Waals surface area contributed by atoms with Crippen molar-refractivity contribution in [3.63, 3.8) is 0 Å². The lowest BCUT2D eigenvalue weighted by molar-refractivity contribution is -0.166. The Kier molecular flexibility index (Phi) is 4.53. The number of hydrogen-bond donors (Lipinski definition) is 1. The van der Waals surface area contributed by atoms with Gasteiger partial charge in [-0.05, 0) is 5.56 Å². The average molecular weight is 340 g/mol. The Morgan fingerprint density at radius 3 is 2.43 bits per heavy atom. The number of benzene rings is 1. The van der Waals surface area contributed by atoms with E-state index in [-0.39, 0.29) is 17.9 Å². The summed E-state index contributed by atoms with van der Waals surface area (Å²) in [6.07, 6.45) is 0.389. The summed E-state index contributed by atoms with van der Waals surface area (Å²) in [6, 6.07) is 8.77. The van der Waals surface area contributed by atoms with Gasteiger partial charge in [-0.15, -0.1) is 9.35 Å². The van der Waals surface area contributed by atoms with Crippen LogP contribution in [0.1, 0.15) is 18.9 Å². The minimum atomic E-state index is -4.05. The number of rotatable bonds is 5. The SMILES string of the molecule is CC(=O)N[C@]1(Cc2ccccc2)CC(=O)N(OS(C)(=O)=O)C1=O. The first-order chi connectivity index (χ1) is 10.6. The van der Waals surface area contributed by atoms with Crippen LogP contribution in [-0.4, -0.2) is 43.0 Å². The van der Waals surface area contributed by atoms with Crippen molar-refractivity contribution < 1.29 is 27.1 Å². The van der Waals surface area contributed by atoms with Gasteiger partial charge in [0.2, 0.25) is 5.91 Å². The van der Waals surface area contributed by atoms with Gasteiger partial charge >= 0.3 is 0 Å². The Balaban J connectivity index is 2.37. The minimum Gasteiger partial charge on any atom is -0.341 e. The quantitative estimate of drug-likeness (QED) is 0.741. The van der Waals surface area contributed by atoms with Gasteiger partial charge in [0.15, 0.2) is 0 Å². The molecular weight excluding hydrogens is 324 g/mol. The van der Waals surface area contributed by atoms with Gasteiger partial charge in [0.1, 0.15) is 5.54 Å². The molecule has 1 atom stereocenters. The molecule has 0 spiro atoms. The van der Waals surface area contributed by atoms with E-state index < -0.39 is 33.4 Å². The van der Waals surface area contributed by atoms with Crippen LogP contribution in [0.3, 0.4) is 0 Å². The van der Waals surface area contributed by atoms with Gasteiger partial charge in [0.25, 0.3) is 21.9 Å². The molecule has 124 valence electrons. The van der Waals surface area contributed by atoms with Gasteiger partial charge in [-0.25, -0.2) is 0 Å². The molecule has 1 N–H and O–H groups in total. The molecule has 0 saturated carbocycles. The first-order valence-corrected chi connectivity index (χ1v) is 8.54. The Morgan fingerprint density at radius 2 is 1.91 bits per heavy atom. The van der Waals surface area contributed by atoms with E-state index in [0.717, 1.165) is 6.26 Å². The van der Waals surface area contributed by atoms with Crippen LogP contribution in [0.5, 0.6) is 0 Å². The van der Waals surface area contributed by atoms with Gasteiger partial charge in [0.05, 0.1) is 12.7 Å². The Bertz CT molecular complexity index is 746. The normalized spacial score (nSPS) is 21.6. The highest BCUT2D eigenvalue weighted by Gasteiger charge is 2.54. The van der Waals surface area contributed by atoms with Gasteiger partial charge in [-0.1, -0.05) is 30.3 Å². The third kappa shape index (κ3) is 3.93. The number of nitrogens with zero attached hydrogens (tertiary/aromatic N) is 1. The van der Waals surface area contributed by atoms with Crippen LogP contribution in [0.4, 0.5) is 0 Å². The first-order valence-electron chi connectivity index (χ1n) is 6.73. The Hall–Kier alpha value is -2.26. The van der Waals surface area contributed by atoms with Crippen LogP contribution in [0.2, 0.25) is 0 Å². The Labute approximate surface area is 133 Å². The zero-order valence-electron chi connectivity index (χ0n) is 12.6. The average Bonchev–Trinajstić information content (AvgIpc) is 2.62. The molecule has 3 amide bonds. The molecular formula is C14H16N2O6S. The van der Waals surface area contributed by atoms with Crippen LogP contribution in [0.25, 0.3) is 0 Å². The second kappa shape index (κ2) is 6.09. The van der Waals surface area contributed by atoms with Gasteiger partial charge < -0.3 is 5.32 Å². The number of nitrogens with one attached hydrogen (secondary N) is 1. The number of hydrogen-bond acceptors (Lipinski definition) is 6. The number of hydroxylamine groups is 2. The van der Waals surface area contributed by atoms with E-state index in [2.05, 4.69) is 9.60 Å². The van der Waals surface area contributed by atoms with E-state index in [1.165, 1.54) is 6.92 Å². The van der Waals surface area contributed by atoms with Crippen LogP contribution >= 0.6 is 0 Å². The molecule has 8 nitrogen and oxygen atoms in total. The molecule has 1 aliphatic heterocycles. The lowest BCUT2D eigenvalue weighted by Gasteiger charge is -2.27. The molecule has 0 bridgehead atoms. The third-order valence-corrected chi connectivity index (χ3v) is 3.67. The van der Waals surface area contributed by atoms with Crippen molar-refractivity contribution in [2.45, 2.75) is 25.3 Å². The van der Waals surface area contributed by atoms with Crippen molar-refractivity contribution in [1.29, 1.82) is 0 Å². The molecule has 9 heteroatoms. The van der Waals surface area contributed by atoms with Crippen LogP contribution in [0.15, 0.2) is 30.3 Å². The van der Waals surface area contributed by atoms with Crippen LogP contribution in [-0.2, 0) is 35.2 Å². The molecule has 1 aliphatic rings. The van der Waals surface area contributed by atoms with E-state index in [1.807, 2.05) is 0 Å². The van der Waals surface area contributed by atoms with Crippen molar-refractivity contribution in [2.24, 2.45) is 0 Å². The van der Waals surface area contributed by atoms with E-state index in [1.54, 1.807) is 30.3 Å². The zero-order valence-corrected chi connectivity index (χ0v) is 13.4. The fraction of sp³-hybridized carbons (Fsp3) is 0.357. The fourth-order valence-electron chi connectivity index (χ4n) is 2.49. The van der Waals surface area contributed by atoms with Crippen molar-refractivity contribution in [1.82, 2.24) is 10.4 Å². The molecule has 0 aromatic heterocycles. The van der Waals surface area contributed by atoms with E-state index in [9.17, 15) is 22.8 Å². The molecule has 2 rings (SSSR count). The second-order valence-electron chi connectivity index (χ2n) is 5.37. The largest absolute Gasteiger partial charge is 0.341 e. The van der Waals surface area contributed by atoms with E-state index in [0.29, 0.717) is 5.56 Å². The monoisotopic (exact) mass is 340 g/mol. The summed E-state index contributed by atoms with van der Waals surface area (Å²) in [7, 11) is -4.05. The highest BCUT2D eigenvalue weighted by molar-refractivity contribution is 7.85. The fourth-order valence-corrected chi connectivity index (χ4v) is 2.91. The van der Waals surface area contributed by atoms with Crippen molar-refractivity contribution >= 4 is 27.8 Å². The second-order valence-corrected chi connectivity index (χ2v) is 6.93. The summed E-state index contributed by atoms with van der Waals surface area (Å²) in [5.74, 6) is -2.25. The predicted octanol–water partition coefficient (Wildman–Crippen LogP) is -0.246. The maximum Gasteiger partial charge on any atom is 0.285 e. The molecule has 1 fully saturated rings. The molecule has 1 heterocycles. The Morgan fingerprint density at radius 1 is 1.30 bits per heavy atom. The summed E-state index contributed by atoms with van der Waals surface area (Å²) in [5.41, 5.74) is -0.849. The lowest BCUT2D eigenvalue weighted by Crippen LogP contribution is -2.55. The van der Waals surface area contributed by atoms with E-state index >= 15 is 0 Å². The minimum absolute atomic E-state index is 0.0433. The topological polar surface area (TPSA) is 110 Å². The summed E-state index contributed by atoms with van der Waals surface area (Å²) in [4.78, 5) is 36.1. The summed E-state index contributed by atoms with van der Waals surface area (Å²) in [6.45, 7) is 1.21. The first kappa shape index (κ1) is 17.1. The summed E-state index contributed by atoms with van der Waals surface area (Å²) >= 11 is 0. The van der Waals surface area contributed by atoms with Gasteiger partial charge in [-0.2, -0.15) is 8.42 Å². The van der Waals surface area contributed by atoms with Gasteiger partial charge in [-0.3, -0.25) is 14.4 Å². The van der Waals surface area contributed by atoms with Crippen LogP contribution < -0.4 is 5.32 Å². The van der Waals surface area contributed by atoms with E-state index in [4.69, 9.17) is 0 Å². The van der Waals surface area contributed by atoms with Gasteiger partial charge in [0, 0.05) is 13.3 Å². The van der Waals surface area contributed by atoms with Crippen molar-refractivity contribution in [2.75, 3.05) is 6.26 Å². The lowest BCUT2D eigenvalue weighted by atomic mass is 9.89. The summed E-state index contributed by atoms with van der Waals surface area (Å²) < 4.78 is 26.9. The number of imide groups is 1. The smallest absolute Gasteiger partial charge is 0.285 e. The summed E-state index contributed by atoms with van der Waals surface area (Å²) in [5, 5.41) is 2.68. The molecule has 23 heavy (non-hydrogen) atoms. The molecule has 0 radical (unpaired) electrons. The number of carbonyl (C=O) groups is 3. The maximum absolute atomic E-state index is 12.6. The molecule has 0 aliphatic carbocycles. The standard InChI is InChI=1S/C14H16N2O6S/c1-10(17)15-14(8-11-6-4-3-5-7-11)9-12(18)16(13(14)19)22-23(2,20)21/h3-7H,8-9H2,1-2H3,(H,15,17)/t14-/m1/s1. The highest BCUT2D eigenvalue weighted by atomic mass is 32.2. The highest BCUT2D eigenvalue weighted by Crippen LogP contribution is 2.29. The number of carbonyl (C=O) groups excluding carboxylic acids is 3. The maximum atomic E-state index is 12.6. The molecule has 1 saturated heterocycles. The van der Waals surface area contributed by atoms with Crippen LogP contribution in [0, 0.1) is 0 Å². The molecule has 0 unspecified atom stereocenters. The predicted molar refractivity (Wildman–Crippen MR) is 79.1 cm³/mol. The number of amides is 3. The zero-order chi connectivity index (χ0) is 17.3. The third-order valence-electron chi connectivity index (χ3n) is 3.25. The van der Waals surface area contributed by atoms with Crippen molar-refractivity contribution in [3.8, 4) is 0 Å². The molecule has 1 aromatic carbocycles. The molecule has 1 aromatic rings.